The van der Waals surface area contributed by atoms with Gasteiger partial charge in [0.15, 0.2) is 0 Å². The molecule has 0 saturated heterocycles. The molecule has 0 aromatic heterocycles. The van der Waals surface area contributed by atoms with Crippen LogP contribution in [-0.4, -0.2) is 35.0 Å². The number of aryl methyl sites for hydroxylation is 1. The van der Waals surface area contributed by atoms with E-state index in [0.29, 0.717) is 19.4 Å². The summed E-state index contributed by atoms with van der Waals surface area (Å²) < 4.78 is 0. The number of carbonyl (C=O) groups excluding carboxylic acids is 1. The summed E-state index contributed by atoms with van der Waals surface area (Å²) in [7, 11) is 0. The molecule has 0 spiro atoms. The van der Waals surface area contributed by atoms with E-state index in [1.54, 1.807) is 24.3 Å². The Bertz CT molecular complexity index is 443. The van der Waals surface area contributed by atoms with Gasteiger partial charge in [-0.3, -0.25) is 4.79 Å². The van der Waals surface area contributed by atoms with E-state index in [9.17, 15) is 9.59 Å². The Kier molecular flexibility index (Phi) is 6.06. The predicted molar refractivity (Wildman–Crippen MR) is 74.3 cm³/mol. The average molecular weight is 263 g/mol. The van der Waals surface area contributed by atoms with Gasteiger partial charge < -0.3 is 10.0 Å². The van der Waals surface area contributed by atoms with E-state index in [-0.39, 0.29) is 11.5 Å². The second kappa shape index (κ2) is 7.56. The average Bonchev–Trinajstić information content (AvgIpc) is 2.42. The van der Waals surface area contributed by atoms with Gasteiger partial charge in [0.25, 0.3) is 0 Å². The molecule has 19 heavy (non-hydrogen) atoms. The van der Waals surface area contributed by atoms with Crippen molar-refractivity contribution in [3.8, 4) is 0 Å². The smallest absolute Gasteiger partial charge is 0.335 e. The normalized spacial score (nSPS) is 10.2. The molecule has 0 aliphatic heterocycles. The lowest BCUT2D eigenvalue weighted by Gasteiger charge is -2.20. The van der Waals surface area contributed by atoms with Crippen molar-refractivity contribution in [2.24, 2.45) is 0 Å². The largest absolute Gasteiger partial charge is 0.478 e. The molecule has 104 valence electrons. The highest BCUT2D eigenvalue weighted by Crippen LogP contribution is 2.12. The van der Waals surface area contributed by atoms with E-state index in [0.717, 1.165) is 18.5 Å². The first-order chi connectivity index (χ1) is 9.10. The zero-order valence-electron chi connectivity index (χ0n) is 11.6. The highest BCUT2D eigenvalue weighted by molar-refractivity contribution is 5.89. The quantitative estimate of drug-likeness (QED) is 0.822. The van der Waals surface area contributed by atoms with Crippen LogP contribution in [0.1, 0.15) is 42.6 Å². The van der Waals surface area contributed by atoms with E-state index >= 15 is 0 Å². The number of benzene rings is 1. The Morgan fingerprint density at radius 1 is 1.21 bits per heavy atom. The van der Waals surface area contributed by atoms with Crippen LogP contribution in [0.3, 0.4) is 0 Å². The monoisotopic (exact) mass is 263 g/mol. The van der Waals surface area contributed by atoms with E-state index in [1.807, 2.05) is 18.7 Å². The number of hydrogen-bond acceptors (Lipinski definition) is 2. The lowest BCUT2D eigenvalue weighted by atomic mass is 10.0. The number of amides is 1. The summed E-state index contributed by atoms with van der Waals surface area (Å²) in [6.07, 6.45) is 1.77. The van der Waals surface area contributed by atoms with Gasteiger partial charge in [0.05, 0.1) is 5.56 Å². The first-order valence-corrected chi connectivity index (χ1v) is 6.69. The molecule has 1 aromatic rings. The topological polar surface area (TPSA) is 57.6 Å². The van der Waals surface area contributed by atoms with E-state index in [4.69, 9.17) is 5.11 Å². The highest BCUT2D eigenvalue weighted by atomic mass is 16.4. The Morgan fingerprint density at radius 3 is 2.47 bits per heavy atom. The molecule has 1 amide bonds. The van der Waals surface area contributed by atoms with Crippen LogP contribution in [0.2, 0.25) is 0 Å². The van der Waals surface area contributed by atoms with Crippen molar-refractivity contribution in [2.75, 3.05) is 13.1 Å². The second-order valence-corrected chi connectivity index (χ2v) is 4.44. The zero-order valence-corrected chi connectivity index (χ0v) is 11.6. The number of carbonyl (C=O) groups is 2. The Morgan fingerprint density at radius 2 is 1.89 bits per heavy atom. The summed E-state index contributed by atoms with van der Waals surface area (Å²) in [5.74, 6) is -0.853. The molecule has 4 nitrogen and oxygen atoms in total. The first-order valence-electron chi connectivity index (χ1n) is 6.69. The minimum absolute atomic E-state index is 0.0875. The molecule has 1 rings (SSSR count). The molecule has 4 heteroatoms. The van der Waals surface area contributed by atoms with Crippen LogP contribution in [0, 0.1) is 0 Å². The van der Waals surface area contributed by atoms with Crippen LogP contribution in [0.4, 0.5) is 0 Å². The van der Waals surface area contributed by atoms with E-state index < -0.39 is 5.97 Å². The maximum atomic E-state index is 12.0. The fourth-order valence-electron chi connectivity index (χ4n) is 2.08. The fourth-order valence-corrected chi connectivity index (χ4v) is 2.08. The molecule has 1 N–H and O–H groups in total. The minimum atomic E-state index is -0.941. The predicted octanol–water partition coefficient (Wildman–Crippen LogP) is 2.58. The van der Waals surface area contributed by atoms with Gasteiger partial charge in [0.1, 0.15) is 0 Å². The highest BCUT2D eigenvalue weighted by Gasteiger charge is 2.13. The molecular weight excluding hydrogens is 242 g/mol. The maximum absolute atomic E-state index is 12.0. The van der Waals surface area contributed by atoms with Crippen molar-refractivity contribution >= 4 is 11.9 Å². The standard InChI is InChI=1S/C15H21NO3/c1-3-11-16(4-2)14(17)10-9-12-7-5-6-8-13(12)15(18)19/h5-8H,3-4,9-11H2,1-2H3,(H,18,19). The van der Waals surface area contributed by atoms with E-state index in [2.05, 4.69) is 0 Å². The molecule has 0 fully saturated rings. The summed E-state index contributed by atoms with van der Waals surface area (Å²) in [6.45, 7) is 5.46. The van der Waals surface area contributed by atoms with Crippen LogP contribution >= 0.6 is 0 Å². The number of hydrogen-bond donors (Lipinski definition) is 1. The summed E-state index contributed by atoms with van der Waals surface area (Å²) in [5.41, 5.74) is 1.00. The molecule has 0 aliphatic rings. The van der Waals surface area contributed by atoms with Crippen molar-refractivity contribution in [1.82, 2.24) is 4.90 Å². The SMILES string of the molecule is CCCN(CC)C(=O)CCc1ccccc1C(=O)O. The van der Waals surface area contributed by atoms with Gasteiger partial charge in [-0.1, -0.05) is 25.1 Å². The Balaban J connectivity index is 2.66. The summed E-state index contributed by atoms with van der Waals surface area (Å²) in [4.78, 5) is 24.9. The van der Waals surface area contributed by atoms with Gasteiger partial charge in [-0.25, -0.2) is 4.79 Å². The van der Waals surface area contributed by atoms with Gasteiger partial charge in [0, 0.05) is 19.5 Å². The Labute approximate surface area is 114 Å². The lowest BCUT2D eigenvalue weighted by Crippen LogP contribution is -2.31. The maximum Gasteiger partial charge on any atom is 0.335 e. The number of rotatable bonds is 7. The van der Waals surface area contributed by atoms with Crippen molar-refractivity contribution in [1.29, 1.82) is 0 Å². The van der Waals surface area contributed by atoms with Gasteiger partial charge in [-0.15, -0.1) is 0 Å². The number of aromatic carboxylic acids is 1. The molecule has 0 atom stereocenters. The summed E-state index contributed by atoms with van der Waals surface area (Å²) in [5, 5.41) is 9.08. The molecule has 0 bridgehead atoms. The third kappa shape index (κ3) is 4.39. The molecular formula is C15H21NO3. The second-order valence-electron chi connectivity index (χ2n) is 4.44. The summed E-state index contributed by atoms with van der Waals surface area (Å²) in [6, 6.07) is 6.85. The number of carboxylic acids is 1. The number of carboxylic acid groups (broad SMARTS) is 1. The summed E-state index contributed by atoms with van der Waals surface area (Å²) >= 11 is 0. The molecule has 0 saturated carbocycles. The lowest BCUT2D eigenvalue weighted by molar-refractivity contribution is -0.131. The van der Waals surface area contributed by atoms with Crippen LogP contribution in [0.15, 0.2) is 24.3 Å². The minimum Gasteiger partial charge on any atom is -0.478 e. The van der Waals surface area contributed by atoms with Crippen LogP contribution in [0.25, 0.3) is 0 Å². The van der Waals surface area contributed by atoms with Gasteiger partial charge >= 0.3 is 5.97 Å². The molecule has 0 unspecified atom stereocenters. The molecule has 0 aliphatic carbocycles. The van der Waals surface area contributed by atoms with Gasteiger partial charge in [-0.05, 0) is 31.4 Å². The van der Waals surface area contributed by atoms with Crippen molar-refractivity contribution in [3.05, 3.63) is 35.4 Å². The van der Waals surface area contributed by atoms with Gasteiger partial charge in [0.2, 0.25) is 5.91 Å². The van der Waals surface area contributed by atoms with E-state index in [1.165, 1.54) is 0 Å². The van der Waals surface area contributed by atoms with Crippen molar-refractivity contribution in [3.63, 3.8) is 0 Å². The van der Waals surface area contributed by atoms with Crippen LogP contribution in [-0.2, 0) is 11.2 Å². The zero-order chi connectivity index (χ0) is 14.3. The van der Waals surface area contributed by atoms with Crippen molar-refractivity contribution in [2.45, 2.75) is 33.1 Å². The van der Waals surface area contributed by atoms with Gasteiger partial charge in [-0.2, -0.15) is 0 Å². The fraction of sp³-hybridized carbons (Fsp3) is 0.467. The molecule has 0 heterocycles. The molecule has 0 radical (unpaired) electrons. The Hall–Kier alpha value is -1.84. The number of nitrogens with zero attached hydrogens (tertiary/aromatic N) is 1. The third-order valence-electron chi connectivity index (χ3n) is 3.08. The first kappa shape index (κ1) is 15.2. The molecule has 1 aromatic carbocycles. The van der Waals surface area contributed by atoms with Crippen LogP contribution < -0.4 is 0 Å². The third-order valence-corrected chi connectivity index (χ3v) is 3.08. The van der Waals surface area contributed by atoms with Crippen molar-refractivity contribution < 1.29 is 14.7 Å². The van der Waals surface area contributed by atoms with Crippen LogP contribution in [0.5, 0.6) is 0 Å².